The average Bonchev–Trinajstić information content (AvgIpc) is 2.94. The summed E-state index contributed by atoms with van der Waals surface area (Å²) in [5.74, 6) is -1.49. The molecule has 1 unspecified atom stereocenters. The Kier molecular flexibility index (Phi) is 3.56. The molecule has 1 aromatic heterocycles. The first-order valence-corrected chi connectivity index (χ1v) is 6.19. The summed E-state index contributed by atoms with van der Waals surface area (Å²) in [6, 6.07) is -0.489. The zero-order chi connectivity index (χ0) is 13.1. The summed E-state index contributed by atoms with van der Waals surface area (Å²) in [7, 11) is 0. The number of carboxylic acids is 1. The molecule has 2 amide bonds. The van der Waals surface area contributed by atoms with Crippen LogP contribution in [-0.4, -0.2) is 33.9 Å². The molecule has 96 valence electrons. The van der Waals surface area contributed by atoms with Crippen molar-refractivity contribution in [1.82, 2.24) is 15.6 Å². The standard InChI is InChI=1S/C10H11N3O4S/c14-7-2-1-5(12-7)9(15)11-3-8-13-6(4-18-8)10(16)17/h4-5H,1-3H2,(H,11,15)(H,12,14)(H,16,17). The Morgan fingerprint density at radius 2 is 2.39 bits per heavy atom. The molecule has 0 aliphatic carbocycles. The monoisotopic (exact) mass is 269 g/mol. The molecule has 8 heteroatoms. The molecule has 18 heavy (non-hydrogen) atoms. The molecular formula is C10H11N3O4S. The third kappa shape index (κ3) is 2.83. The Balaban J connectivity index is 1.85. The van der Waals surface area contributed by atoms with E-state index in [2.05, 4.69) is 15.6 Å². The summed E-state index contributed by atoms with van der Waals surface area (Å²) in [6.45, 7) is 0.170. The van der Waals surface area contributed by atoms with Gasteiger partial charge in [0, 0.05) is 11.8 Å². The Morgan fingerprint density at radius 1 is 1.61 bits per heavy atom. The molecule has 0 saturated carbocycles. The van der Waals surface area contributed by atoms with Crippen molar-refractivity contribution in [3.63, 3.8) is 0 Å². The summed E-state index contributed by atoms with van der Waals surface area (Å²) in [6.07, 6.45) is 0.849. The maximum absolute atomic E-state index is 11.6. The van der Waals surface area contributed by atoms with Gasteiger partial charge in [-0.15, -0.1) is 11.3 Å². The molecule has 1 atom stereocenters. The lowest BCUT2D eigenvalue weighted by Gasteiger charge is -2.09. The van der Waals surface area contributed by atoms with Crippen LogP contribution in [0.15, 0.2) is 5.38 Å². The number of carbonyl (C=O) groups is 3. The highest BCUT2D eigenvalue weighted by atomic mass is 32.1. The van der Waals surface area contributed by atoms with Crippen LogP contribution in [0.1, 0.15) is 28.3 Å². The highest BCUT2D eigenvalue weighted by Gasteiger charge is 2.26. The van der Waals surface area contributed by atoms with E-state index in [4.69, 9.17) is 5.11 Å². The Morgan fingerprint density at radius 3 is 2.94 bits per heavy atom. The van der Waals surface area contributed by atoms with Crippen molar-refractivity contribution < 1.29 is 19.5 Å². The van der Waals surface area contributed by atoms with Gasteiger partial charge in [-0.25, -0.2) is 9.78 Å². The van der Waals surface area contributed by atoms with E-state index >= 15 is 0 Å². The molecule has 0 bridgehead atoms. The average molecular weight is 269 g/mol. The topological polar surface area (TPSA) is 108 Å². The summed E-state index contributed by atoms with van der Waals surface area (Å²) in [4.78, 5) is 37.0. The third-order valence-electron chi connectivity index (χ3n) is 2.50. The van der Waals surface area contributed by atoms with Crippen LogP contribution in [0.3, 0.4) is 0 Å². The summed E-state index contributed by atoms with van der Waals surface area (Å²) >= 11 is 1.17. The molecule has 1 aromatic rings. The van der Waals surface area contributed by atoms with Gasteiger partial charge in [-0.1, -0.05) is 0 Å². The number of nitrogens with zero attached hydrogens (tertiary/aromatic N) is 1. The van der Waals surface area contributed by atoms with Crippen LogP contribution in [0.25, 0.3) is 0 Å². The number of hydrogen-bond donors (Lipinski definition) is 3. The van der Waals surface area contributed by atoms with Crippen LogP contribution in [0, 0.1) is 0 Å². The second-order valence-electron chi connectivity index (χ2n) is 3.81. The van der Waals surface area contributed by atoms with Crippen molar-refractivity contribution in [2.24, 2.45) is 0 Å². The first-order chi connectivity index (χ1) is 8.56. The molecule has 7 nitrogen and oxygen atoms in total. The van der Waals surface area contributed by atoms with E-state index in [-0.39, 0.29) is 24.1 Å². The van der Waals surface area contributed by atoms with Crippen LogP contribution in [0.2, 0.25) is 0 Å². The Hall–Kier alpha value is -1.96. The molecule has 1 saturated heterocycles. The van der Waals surface area contributed by atoms with Gasteiger partial charge in [0.05, 0.1) is 6.54 Å². The van der Waals surface area contributed by atoms with Crippen LogP contribution >= 0.6 is 11.3 Å². The van der Waals surface area contributed by atoms with Gasteiger partial charge in [0.1, 0.15) is 11.0 Å². The maximum Gasteiger partial charge on any atom is 0.355 e. The number of hydrogen-bond acceptors (Lipinski definition) is 5. The van der Waals surface area contributed by atoms with Gasteiger partial charge in [0.25, 0.3) is 0 Å². The third-order valence-corrected chi connectivity index (χ3v) is 3.35. The van der Waals surface area contributed by atoms with Crippen molar-refractivity contribution in [3.05, 3.63) is 16.1 Å². The quantitative estimate of drug-likeness (QED) is 0.697. The minimum atomic E-state index is -1.09. The van der Waals surface area contributed by atoms with E-state index < -0.39 is 12.0 Å². The minimum Gasteiger partial charge on any atom is -0.476 e. The zero-order valence-corrected chi connectivity index (χ0v) is 10.1. The predicted molar refractivity (Wildman–Crippen MR) is 62.1 cm³/mol. The van der Waals surface area contributed by atoms with Crippen molar-refractivity contribution in [3.8, 4) is 0 Å². The normalized spacial score (nSPS) is 18.4. The fraction of sp³-hybridized carbons (Fsp3) is 0.400. The molecule has 2 heterocycles. The van der Waals surface area contributed by atoms with Crippen LogP contribution in [-0.2, 0) is 16.1 Å². The largest absolute Gasteiger partial charge is 0.476 e. The second-order valence-corrected chi connectivity index (χ2v) is 4.75. The second kappa shape index (κ2) is 5.13. The molecule has 0 radical (unpaired) electrons. The lowest BCUT2D eigenvalue weighted by molar-refractivity contribution is -0.125. The number of aromatic carboxylic acids is 1. The van der Waals surface area contributed by atoms with E-state index in [0.29, 0.717) is 17.8 Å². The molecular weight excluding hydrogens is 258 g/mol. The van der Waals surface area contributed by atoms with E-state index in [1.54, 1.807) is 0 Å². The number of thiazole rings is 1. The number of nitrogens with one attached hydrogen (secondary N) is 2. The fourth-order valence-corrected chi connectivity index (χ4v) is 2.29. The number of carbonyl (C=O) groups excluding carboxylic acids is 2. The molecule has 1 aliphatic rings. The molecule has 0 spiro atoms. The van der Waals surface area contributed by atoms with Gasteiger partial charge in [-0.05, 0) is 6.42 Å². The van der Waals surface area contributed by atoms with Gasteiger partial charge < -0.3 is 15.7 Å². The summed E-state index contributed by atoms with van der Waals surface area (Å²) in [5, 5.41) is 15.8. The van der Waals surface area contributed by atoms with Gasteiger partial charge >= 0.3 is 5.97 Å². The molecule has 1 aliphatic heterocycles. The SMILES string of the molecule is O=C1CCC(C(=O)NCc2nc(C(=O)O)cs2)N1. The first-order valence-electron chi connectivity index (χ1n) is 5.31. The lowest BCUT2D eigenvalue weighted by atomic mass is 10.2. The smallest absolute Gasteiger partial charge is 0.355 e. The van der Waals surface area contributed by atoms with Crippen LogP contribution < -0.4 is 10.6 Å². The minimum absolute atomic E-state index is 0.0292. The Bertz CT molecular complexity index is 499. The molecule has 2 rings (SSSR count). The highest BCUT2D eigenvalue weighted by Crippen LogP contribution is 2.10. The van der Waals surface area contributed by atoms with Crippen LogP contribution in [0.4, 0.5) is 0 Å². The number of rotatable bonds is 4. The number of aromatic nitrogens is 1. The van der Waals surface area contributed by atoms with Crippen molar-refractivity contribution in [2.75, 3.05) is 0 Å². The first kappa shape index (κ1) is 12.5. The number of carboxylic acid groups (broad SMARTS) is 1. The van der Waals surface area contributed by atoms with Gasteiger partial charge in [-0.2, -0.15) is 0 Å². The zero-order valence-electron chi connectivity index (χ0n) is 9.30. The van der Waals surface area contributed by atoms with Crippen molar-refractivity contribution in [1.29, 1.82) is 0 Å². The fourth-order valence-electron chi connectivity index (χ4n) is 1.59. The molecule has 3 N–H and O–H groups in total. The summed E-state index contributed by atoms with van der Waals surface area (Å²) in [5.41, 5.74) is -0.0292. The maximum atomic E-state index is 11.6. The van der Waals surface area contributed by atoms with Crippen molar-refractivity contribution >= 4 is 29.1 Å². The summed E-state index contributed by atoms with van der Waals surface area (Å²) < 4.78 is 0. The Labute approximate surface area is 106 Å². The molecule has 1 fully saturated rings. The highest BCUT2D eigenvalue weighted by molar-refractivity contribution is 7.09. The van der Waals surface area contributed by atoms with Gasteiger partial charge in [0.2, 0.25) is 11.8 Å². The van der Waals surface area contributed by atoms with Crippen LogP contribution in [0.5, 0.6) is 0 Å². The van der Waals surface area contributed by atoms with Gasteiger partial charge in [0.15, 0.2) is 5.69 Å². The lowest BCUT2D eigenvalue weighted by Crippen LogP contribution is -2.41. The van der Waals surface area contributed by atoms with E-state index in [1.165, 1.54) is 16.7 Å². The van der Waals surface area contributed by atoms with E-state index in [1.807, 2.05) is 0 Å². The van der Waals surface area contributed by atoms with E-state index in [0.717, 1.165) is 0 Å². The van der Waals surface area contributed by atoms with Crippen molar-refractivity contribution in [2.45, 2.75) is 25.4 Å². The molecule has 0 aromatic carbocycles. The predicted octanol–water partition coefficient (Wildman–Crippen LogP) is -0.264. The van der Waals surface area contributed by atoms with Gasteiger partial charge in [-0.3, -0.25) is 9.59 Å². The number of amides is 2. The van der Waals surface area contributed by atoms with E-state index in [9.17, 15) is 14.4 Å².